The third-order valence-electron chi connectivity index (χ3n) is 3.74. The number of rotatable bonds is 4. The van der Waals surface area contributed by atoms with Crippen molar-refractivity contribution in [2.24, 2.45) is 5.92 Å². The number of hydrogen-bond acceptors (Lipinski definition) is 2. The second-order valence-corrected chi connectivity index (χ2v) is 5.80. The summed E-state index contributed by atoms with van der Waals surface area (Å²) in [5.74, 6) is 1.28. The van der Waals surface area contributed by atoms with Crippen LogP contribution in [0.15, 0.2) is 24.3 Å². The molecule has 0 saturated carbocycles. The topological polar surface area (TPSA) is 38.3 Å². The van der Waals surface area contributed by atoms with E-state index in [1.807, 2.05) is 24.3 Å². The van der Waals surface area contributed by atoms with Crippen LogP contribution in [0, 0.1) is 5.92 Å². The molecule has 104 valence electrons. The lowest BCUT2D eigenvalue weighted by atomic mass is 9.91. The zero-order valence-corrected chi connectivity index (χ0v) is 12.9. The van der Waals surface area contributed by atoms with E-state index in [0.29, 0.717) is 12.5 Å². The molecule has 0 aliphatic carbocycles. The molecule has 3 unspecified atom stereocenters. The summed E-state index contributed by atoms with van der Waals surface area (Å²) in [6.45, 7) is 4.78. The molecule has 1 heterocycles. The Morgan fingerprint density at radius 2 is 2.21 bits per heavy atom. The number of alkyl halides is 1. The zero-order valence-electron chi connectivity index (χ0n) is 11.4. The monoisotopic (exact) mass is 325 g/mol. The Bertz CT molecular complexity index is 450. The number of hydrogen-bond donors (Lipinski definition) is 1. The highest BCUT2D eigenvalue weighted by Gasteiger charge is 2.28. The third kappa shape index (κ3) is 3.30. The lowest BCUT2D eigenvalue weighted by Gasteiger charge is -2.27. The standard InChI is InChI=1S/C15H20BrNO2/c1-10(9-16)11(2)17-15(18)13-7-8-19-14-6-4-3-5-12(13)14/h3-6,10-11,13H,7-9H2,1-2H3,(H,17,18). The molecule has 1 N–H and O–H groups in total. The van der Waals surface area contributed by atoms with Crippen molar-refractivity contribution in [2.45, 2.75) is 32.2 Å². The van der Waals surface area contributed by atoms with Gasteiger partial charge in [-0.1, -0.05) is 41.1 Å². The maximum Gasteiger partial charge on any atom is 0.228 e. The molecule has 4 heteroatoms. The Hall–Kier alpha value is -1.03. The first-order valence-corrected chi connectivity index (χ1v) is 7.83. The predicted octanol–water partition coefficient (Wildman–Crippen LogP) is 3.09. The van der Waals surface area contributed by atoms with Gasteiger partial charge in [0.05, 0.1) is 12.5 Å². The van der Waals surface area contributed by atoms with Crippen molar-refractivity contribution in [3.63, 3.8) is 0 Å². The smallest absolute Gasteiger partial charge is 0.228 e. The van der Waals surface area contributed by atoms with Gasteiger partial charge in [0.1, 0.15) is 5.75 Å². The van der Waals surface area contributed by atoms with Gasteiger partial charge in [0.25, 0.3) is 0 Å². The summed E-state index contributed by atoms with van der Waals surface area (Å²) in [5.41, 5.74) is 1.00. The normalized spacial score (nSPS) is 20.9. The van der Waals surface area contributed by atoms with Gasteiger partial charge in [-0.2, -0.15) is 0 Å². The van der Waals surface area contributed by atoms with Crippen LogP contribution >= 0.6 is 15.9 Å². The number of para-hydroxylation sites is 1. The number of carbonyl (C=O) groups is 1. The molecule has 3 nitrogen and oxygen atoms in total. The van der Waals surface area contributed by atoms with Gasteiger partial charge in [0.2, 0.25) is 5.91 Å². The maximum absolute atomic E-state index is 12.4. The molecule has 1 aromatic carbocycles. The molecular weight excluding hydrogens is 306 g/mol. The molecule has 1 aliphatic rings. The van der Waals surface area contributed by atoms with E-state index in [1.165, 1.54) is 0 Å². The van der Waals surface area contributed by atoms with Crippen LogP contribution in [0.25, 0.3) is 0 Å². The minimum atomic E-state index is -0.0880. The Balaban J connectivity index is 2.09. The molecule has 3 atom stereocenters. The van der Waals surface area contributed by atoms with Gasteiger partial charge < -0.3 is 10.1 Å². The first-order valence-electron chi connectivity index (χ1n) is 6.71. The Morgan fingerprint density at radius 3 is 2.95 bits per heavy atom. The molecule has 0 fully saturated rings. The van der Waals surface area contributed by atoms with E-state index in [-0.39, 0.29) is 17.9 Å². The molecule has 0 bridgehead atoms. The quantitative estimate of drug-likeness (QED) is 0.864. The van der Waals surface area contributed by atoms with Gasteiger partial charge in [0, 0.05) is 16.9 Å². The largest absolute Gasteiger partial charge is 0.493 e. The highest BCUT2D eigenvalue weighted by Crippen LogP contribution is 2.33. The van der Waals surface area contributed by atoms with Crippen molar-refractivity contribution in [3.8, 4) is 5.75 Å². The van der Waals surface area contributed by atoms with Gasteiger partial charge in [-0.25, -0.2) is 0 Å². The van der Waals surface area contributed by atoms with Gasteiger partial charge >= 0.3 is 0 Å². The summed E-state index contributed by atoms with van der Waals surface area (Å²) >= 11 is 3.46. The number of fused-ring (bicyclic) bond motifs is 1. The molecule has 1 aromatic rings. The molecule has 19 heavy (non-hydrogen) atoms. The Kier molecular flexibility index (Phi) is 4.86. The number of benzene rings is 1. The van der Waals surface area contributed by atoms with E-state index in [9.17, 15) is 4.79 Å². The number of carbonyl (C=O) groups excluding carboxylic acids is 1. The van der Waals surface area contributed by atoms with Crippen LogP contribution in [0.1, 0.15) is 31.7 Å². The second-order valence-electron chi connectivity index (χ2n) is 5.16. The zero-order chi connectivity index (χ0) is 13.8. The van der Waals surface area contributed by atoms with Crippen LogP contribution in [0.2, 0.25) is 0 Å². The maximum atomic E-state index is 12.4. The van der Waals surface area contributed by atoms with Gasteiger partial charge in [-0.05, 0) is 25.3 Å². The lowest BCUT2D eigenvalue weighted by Crippen LogP contribution is -2.41. The number of nitrogens with one attached hydrogen (secondary N) is 1. The minimum absolute atomic E-state index is 0.0880. The predicted molar refractivity (Wildman–Crippen MR) is 79.9 cm³/mol. The minimum Gasteiger partial charge on any atom is -0.493 e. The van der Waals surface area contributed by atoms with E-state index in [1.54, 1.807) is 0 Å². The fourth-order valence-electron chi connectivity index (χ4n) is 2.22. The molecule has 0 radical (unpaired) electrons. The van der Waals surface area contributed by atoms with Gasteiger partial charge in [-0.3, -0.25) is 4.79 Å². The average Bonchev–Trinajstić information content (AvgIpc) is 2.45. The van der Waals surface area contributed by atoms with Crippen molar-refractivity contribution in [1.29, 1.82) is 0 Å². The van der Waals surface area contributed by atoms with Crippen molar-refractivity contribution in [2.75, 3.05) is 11.9 Å². The Labute approximate surface area is 122 Å². The first-order chi connectivity index (χ1) is 9.13. The van der Waals surface area contributed by atoms with Crippen molar-refractivity contribution < 1.29 is 9.53 Å². The van der Waals surface area contributed by atoms with E-state index in [4.69, 9.17) is 4.74 Å². The van der Waals surface area contributed by atoms with Crippen LogP contribution in [-0.4, -0.2) is 23.9 Å². The molecule has 0 saturated heterocycles. The number of ether oxygens (including phenoxy) is 1. The van der Waals surface area contributed by atoms with E-state index >= 15 is 0 Å². The summed E-state index contributed by atoms with van der Waals surface area (Å²) in [7, 11) is 0. The van der Waals surface area contributed by atoms with E-state index < -0.39 is 0 Å². The van der Waals surface area contributed by atoms with E-state index in [0.717, 1.165) is 23.1 Å². The molecule has 0 aromatic heterocycles. The van der Waals surface area contributed by atoms with Crippen molar-refractivity contribution in [3.05, 3.63) is 29.8 Å². The van der Waals surface area contributed by atoms with E-state index in [2.05, 4.69) is 35.1 Å². The lowest BCUT2D eigenvalue weighted by molar-refractivity contribution is -0.124. The molecule has 2 rings (SSSR count). The van der Waals surface area contributed by atoms with Gasteiger partial charge in [0.15, 0.2) is 0 Å². The molecule has 1 amide bonds. The molecule has 1 aliphatic heterocycles. The van der Waals surface area contributed by atoms with Gasteiger partial charge in [-0.15, -0.1) is 0 Å². The fraction of sp³-hybridized carbons (Fsp3) is 0.533. The van der Waals surface area contributed by atoms with Crippen LogP contribution < -0.4 is 10.1 Å². The third-order valence-corrected chi connectivity index (χ3v) is 4.76. The molecule has 0 spiro atoms. The second kappa shape index (κ2) is 6.42. The average molecular weight is 326 g/mol. The SMILES string of the molecule is CC(CBr)C(C)NC(=O)C1CCOc2ccccc21. The Morgan fingerprint density at radius 1 is 1.47 bits per heavy atom. The summed E-state index contributed by atoms with van der Waals surface area (Å²) in [6, 6.07) is 7.98. The van der Waals surface area contributed by atoms with Crippen LogP contribution in [0.3, 0.4) is 0 Å². The van der Waals surface area contributed by atoms with Crippen LogP contribution in [0.4, 0.5) is 0 Å². The summed E-state index contributed by atoms with van der Waals surface area (Å²) in [6.07, 6.45) is 0.748. The summed E-state index contributed by atoms with van der Waals surface area (Å²) in [5, 5.41) is 4.00. The van der Waals surface area contributed by atoms with Crippen molar-refractivity contribution in [1.82, 2.24) is 5.32 Å². The highest BCUT2D eigenvalue weighted by molar-refractivity contribution is 9.09. The summed E-state index contributed by atoms with van der Waals surface area (Å²) in [4.78, 5) is 12.4. The molecular formula is C15H20BrNO2. The number of amides is 1. The van der Waals surface area contributed by atoms with Crippen LogP contribution in [0.5, 0.6) is 5.75 Å². The van der Waals surface area contributed by atoms with Crippen LogP contribution in [-0.2, 0) is 4.79 Å². The van der Waals surface area contributed by atoms with Crippen molar-refractivity contribution >= 4 is 21.8 Å². The highest BCUT2D eigenvalue weighted by atomic mass is 79.9. The fourth-order valence-corrected chi connectivity index (χ4v) is 2.78. The first kappa shape index (κ1) is 14.4. The summed E-state index contributed by atoms with van der Waals surface area (Å²) < 4.78 is 5.59. The number of halogens is 1.